The molecule has 2 heterocycles. The lowest BCUT2D eigenvalue weighted by Crippen LogP contribution is -1.99. The van der Waals surface area contributed by atoms with E-state index in [0.29, 0.717) is 6.04 Å². The van der Waals surface area contributed by atoms with Crippen molar-refractivity contribution in [3.8, 4) is 11.3 Å². The molecule has 2 aromatic heterocycles. The van der Waals surface area contributed by atoms with Crippen LogP contribution in [0.5, 0.6) is 0 Å². The van der Waals surface area contributed by atoms with Crippen molar-refractivity contribution in [2.24, 2.45) is 7.05 Å². The number of nitrogens with zero attached hydrogens (tertiary/aromatic N) is 4. The normalized spacial score (nSPS) is 15.8. The van der Waals surface area contributed by atoms with Gasteiger partial charge >= 0.3 is 0 Å². The van der Waals surface area contributed by atoms with Crippen molar-refractivity contribution < 1.29 is 0 Å². The molecular formula is C10H13N5. The summed E-state index contributed by atoms with van der Waals surface area (Å²) >= 11 is 0. The zero-order chi connectivity index (χ0) is 10.4. The number of aryl methyl sites for hydroxylation is 1. The molecule has 3 rings (SSSR count). The molecule has 1 fully saturated rings. The molecule has 0 saturated heterocycles. The van der Waals surface area contributed by atoms with E-state index in [-0.39, 0.29) is 0 Å². The lowest BCUT2D eigenvalue weighted by Gasteiger charge is -2.01. The van der Waals surface area contributed by atoms with Gasteiger partial charge in [-0.3, -0.25) is 4.68 Å². The molecule has 0 aromatic carbocycles. The molecule has 1 aliphatic rings. The Labute approximate surface area is 87.5 Å². The lowest BCUT2D eigenvalue weighted by molar-refractivity contribution is 0.751. The highest BCUT2D eigenvalue weighted by Crippen LogP contribution is 2.38. The molecule has 0 unspecified atom stereocenters. The zero-order valence-corrected chi connectivity index (χ0v) is 8.59. The van der Waals surface area contributed by atoms with Gasteiger partial charge in [0.25, 0.3) is 0 Å². The maximum atomic E-state index is 6.05. The van der Waals surface area contributed by atoms with Crippen LogP contribution >= 0.6 is 0 Å². The van der Waals surface area contributed by atoms with E-state index >= 15 is 0 Å². The smallest absolute Gasteiger partial charge is 0.131 e. The minimum Gasteiger partial charge on any atom is -0.383 e. The second-order valence-corrected chi connectivity index (χ2v) is 4.02. The first kappa shape index (κ1) is 8.52. The van der Waals surface area contributed by atoms with Crippen LogP contribution in [0.3, 0.4) is 0 Å². The maximum absolute atomic E-state index is 6.05. The predicted octanol–water partition coefficient (Wildman–Crippen LogP) is 1.20. The summed E-state index contributed by atoms with van der Waals surface area (Å²) in [5.74, 6) is 0.755. The van der Waals surface area contributed by atoms with Gasteiger partial charge in [0.15, 0.2) is 0 Å². The van der Waals surface area contributed by atoms with Gasteiger partial charge in [0.2, 0.25) is 0 Å². The van der Waals surface area contributed by atoms with Crippen LogP contribution in [-0.2, 0) is 7.05 Å². The van der Waals surface area contributed by atoms with Crippen LogP contribution in [-0.4, -0.2) is 19.3 Å². The first-order valence-corrected chi connectivity index (χ1v) is 5.07. The second kappa shape index (κ2) is 2.85. The van der Waals surface area contributed by atoms with E-state index in [1.807, 2.05) is 19.6 Å². The summed E-state index contributed by atoms with van der Waals surface area (Å²) in [5, 5.41) is 4.12. The second-order valence-electron chi connectivity index (χ2n) is 4.02. The van der Waals surface area contributed by atoms with Crippen LogP contribution in [0.1, 0.15) is 18.9 Å². The standard InChI is InChI=1S/C10H13N5/c1-14-5-7(4-13-14)9-10(11)15(6-12-9)8-2-3-8/h4-6,8H,2-3,11H2,1H3. The van der Waals surface area contributed by atoms with Crippen molar-refractivity contribution in [2.45, 2.75) is 18.9 Å². The van der Waals surface area contributed by atoms with E-state index in [1.165, 1.54) is 12.8 Å². The number of hydrogen-bond donors (Lipinski definition) is 1. The summed E-state index contributed by atoms with van der Waals surface area (Å²) in [7, 11) is 1.89. The molecule has 1 saturated carbocycles. The van der Waals surface area contributed by atoms with E-state index in [0.717, 1.165) is 17.1 Å². The van der Waals surface area contributed by atoms with E-state index in [9.17, 15) is 0 Å². The van der Waals surface area contributed by atoms with Crippen LogP contribution in [0, 0.1) is 0 Å². The molecule has 5 nitrogen and oxygen atoms in total. The predicted molar refractivity (Wildman–Crippen MR) is 57.1 cm³/mol. The fourth-order valence-corrected chi connectivity index (χ4v) is 1.78. The lowest BCUT2D eigenvalue weighted by atomic mass is 10.2. The average Bonchev–Trinajstić information content (AvgIpc) is 2.86. The Morgan fingerprint density at radius 3 is 2.87 bits per heavy atom. The molecule has 2 N–H and O–H groups in total. The fourth-order valence-electron chi connectivity index (χ4n) is 1.78. The highest BCUT2D eigenvalue weighted by atomic mass is 15.2. The molecule has 0 radical (unpaired) electrons. The topological polar surface area (TPSA) is 61.7 Å². The Hall–Kier alpha value is -1.78. The van der Waals surface area contributed by atoms with Crippen LogP contribution in [0.2, 0.25) is 0 Å². The van der Waals surface area contributed by atoms with Crippen molar-refractivity contribution >= 4 is 5.82 Å². The van der Waals surface area contributed by atoms with E-state index < -0.39 is 0 Å². The number of anilines is 1. The van der Waals surface area contributed by atoms with Crippen LogP contribution in [0.25, 0.3) is 11.3 Å². The monoisotopic (exact) mass is 203 g/mol. The number of hydrogen-bond acceptors (Lipinski definition) is 3. The van der Waals surface area contributed by atoms with E-state index in [1.54, 1.807) is 10.9 Å². The SMILES string of the molecule is Cn1cc(-c2ncn(C3CC3)c2N)cn1. The summed E-state index contributed by atoms with van der Waals surface area (Å²) < 4.78 is 3.81. The van der Waals surface area contributed by atoms with Crippen molar-refractivity contribution in [3.05, 3.63) is 18.7 Å². The number of rotatable bonds is 2. The van der Waals surface area contributed by atoms with E-state index in [2.05, 4.69) is 14.6 Å². The molecule has 2 aromatic rings. The van der Waals surface area contributed by atoms with Gasteiger partial charge in [-0.05, 0) is 12.8 Å². The van der Waals surface area contributed by atoms with Crippen LogP contribution in [0.15, 0.2) is 18.7 Å². The first-order chi connectivity index (χ1) is 7.25. The van der Waals surface area contributed by atoms with Gasteiger partial charge in [0.1, 0.15) is 11.5 Å². The first-order valence-electron chi connectivity index (χ1n) is 5.07. The minimum atomic E-state index is 0.572. The molecule has 0 spiro atoms. The fraction of sp³-hybridized carbons (Fsp3) is 0.400. The highest BCUT2D eigenvalue weighted by Gasteiger charge is 2.26. The van der Waals surface area contributed by atoms with Crippen LogP contribution < -0.4 is 5.73 Å². The number of aromatic nitrogens is 4. The van der Waals surface area contributed by atoms with Gasteiger partial charge in [-0.1, -0.05) is 0 Å². The zero-order valence-electron chi connectivity index (χ0n) is 8.59. The Balaban J connectivity index is 2.04. The maximum Gasteiger partial charge on any atom is 0.131 e. The van der Waals surface area contributed by atoms with Gasteiger partial charge in [0, 0.05) is 24.8 Å². The summed E-state index contributed by atoms with van der Waals surface area (Å²) in [4.78, 5) is 4.35. The molecule has 0 aliphatic heterocycles. The molecular weight excluding hydrogens is 190 g/mol. The Bertz CT molecular complexity index is 492. The van der Waals surface area contributed by atoms with Gasteiger partial charge in [-0.25, -0.2) is 4.98 Å². The summed E-state index contributed by atoms with van der Waals surface area (Å²) in [6.07, 6.45) is 7.97. The van der Waals surface area contributed by atoms with Gasteiger partial charge in [0.05, 0.1) is 12.5 Å². The molecule has 78 valence electrons. The molecule has 15 heavy (non-hydrogen) atoms. The largest absolute Gasteiger partial charge is 0.383 e. The summed E-state index contributed by atoms with van der Waals surface area (Å²) in [5.41, 5.74) is 7.87. The quantitative estimate of drug-likeness (QED) is 0.797. The van der Waals surface area contributed by atoms with Gasteiger partial charge in [-0.15, -0.1) is 0 Å². The third-order valence-corrected chi connectivity index (χ3v) is 2.75. The van der Waals surface area contributed by atoms with Crippen molar-refractivity contribution in [1.29, 1.82) is 0 Å². The average molecular weight is 203 g/mol. The molecule has 5 heteroatoms. The third-order valence-electron chi connectivity index (χ3n) is 2.75. The van der Waals surface area contributed by atoms with Crippen molar-refractivity contribution in [2.75, 3.05) is 5.73 Å². The van der Waals surface area contributed by atoms with Crippen LogP contribution in [0.4, 0.5) is 5.82 Å². The van der Waals surface area contributed by atoms with Crippen molar-refractivity contribution in [3.63, 3.8) is 0 Å². The Morgan fingerprint density at radius 1 is 1.47 bits per heavy atom. The molecule has 0 bridgehead atoms. The number of imidazole rings is 1. The van der Waals surface area contributed by atoms with Gasteiger partial charge in [-0.2, -0.15) is 5.10 Å². The summed E-state index contributed by atoms with van der Waals surface area (Å²) in [6.45, 7) is 0. The molecule has 0 amide bonds. The highest BCUT2D eigenvalue weighted by molar-refractivity contribution is 5.69. The Kier molecular flexibility index (Phi) is 1.62. The number of nitrogen functional groups attached to an aromatic ring is 1. The van der Waals surface area contributed by atoms with Crippen molar-refractivity contribution in [1.82, 2.24) is 19.3 Å². The Morgan fingerprint density at radius 2 is 2.27 bits per heavy atom. The summed E-state index contributed by atoms with van der Waals surface area (Å²) in [6, 6.07) is 0.572. The third kappa shape index (κ3) is 1.31. The number of nitrogens with two attached hydrogens (primary N) is 1. The van der Waals surface area contributed by atoms with E-state index in [4.69, 9.17) is 5.73 Å². The van der Waals surface area contributed by atoms with Gasteiger partial charge < -0.3 is 10.3 Å². The molecule has 1 aliphatic carbocycles. The minimum absolute atomic E-state index is 0.572. The molecule has 0 atom stereocenters.